The van der Waals surface area contributed by atoms with E-state index in [0.29, 0.717) is 5.46 Å². The Morgan fingerprint density at radius 3 is 1.09 bits per heavy atom. The summed E-state index contributed by atoms with van der Waals surface area (Å²) in [4.78, 5) is 0. The van der Waals surface area contributed by atoms with E-state index in [4.69, 9.17) is 10.0 Å². The molecule has 0 amide bonds. The Balaban J connectivity index is 0.000000119. The monoisotopic (exact) mass is 1110 g/mol. The summed E-state index contributed by atoms with van der Waals surface area (Å²) in [6, 6.07) is 107. The van der Waals surface area contributed by atoms with Gasteiger partial charge in [0.15, 0.2) is 0 Å². The number of aromatic nitrogens is 2. The van der Waals surface area contributed by atoms with Crippen molar-refractivity contribution in [3.05, 3.63) is 308 Å². The molecule has 0 aliphatic carbocycles. The van der Waals surface area contributed by atoms with Gasteiger partial charge in [-0.2, -0.15) is 0 Å². The van der Waals surface area contributed by atoms with E-state index in [1.54, 1.807) is 12.1 Å². The molecule has 2 aromatic heterocycles. The molecule has 0 radical (unpaired) electrons. The molecule has 0 saturated carbocycles. The lowest BCUT2D eigenvalue weighted by atomic mass is 9.79. The average molecular weight is 1120 g/mol. The number of halogens is 1. The zero-order chi connectivity index (χ0) is 55.1. The van der Waals surface area contributed by atoms with Crippen LogP contribution in [0.3, 0.4) is 0 Å². The zero-order valence-corrected chi connectivity index (χ0v) is 46.2. The third kappa shape index (κ3) is 9.29. The van der Waals surface area contributed by atoms with Gasteiger partial charge in [-0.1, -0.05) is 265 Å². The molecule has 2 heterocycles. The Hall–Kier alpha value is -9.82. The van der Waals surface area contributed by atoms with Crippen LogP contribution in [0.4, 0.5) is 0 Å². The molecule has 0 fully saturated rings. The first-order valence-corrected chi connectivity index (χ1v) is 28.4. The molecule has 16 rings (SSSR count). The van der Waals surface area contributed by atoms with Crippen LogP contribution in [0, 0.1) is 0 Å². The summed E-state index contributed by atoms with van der Waals surface area (Å²) >= 11 is 3.61. The molecule has 0 aliphatic heterocycles. The lowest BCUT2D eigenvalue weighted by Crippen LogP contribution is -2.29. The maximum Gasteiger partial charge on any atom is 0.488 e. The molecular formula is C76H52BBrN2O2. The smallest absolute Gasteiger partial charge is 0.423 e. The van der Waals surface area contributed by atoms with Crippen LogP contribution in [0.25, 0.3) is 131 Å². The maximum absolute atomic E-state index is 9.11. The van der Waals surface area contributed by atoms with E-state index in [9.17, 15) is 0 Å². The van der Waals surface area contributed by atoms with Crippen molar-refractivity contribution in [1.29, 1.82) is 0 Å². The second-order valence-corrected chi connectivity index (χ2v) is 21.6. The minimum absolute atomic E-state index is 0.504. The minimum Gasteiger partial charge on any atom is -0.423 e. The molecule has 0 saturated heterocycles. The summed E-state index contributed by atoms with van der Waals surface area (Å²) in [5.41, 5.74) is 15.1. The van der Waals surface area contributed by atoms with Gasteiger partial charge in [-0.3, -0.25) is 0 Å². The van der Waals surface area contributed by atoms with Gasteiger partial charge in [0.25, 0.3) is 0 Å². The van der Waals surface area contributed by atoms with Crippen molar-refractivity contribution in [2.24, 2.45) is 0 Å². The molecule has 0 spiro atoms. The van der Waals surface area contributed by atoms with Crippen molar-refractivity contribution in [3.63, 3.8) is 0 Å². The highest BCUT2D eigenvalue weighted by molar-refractivity contribution is 9.10. The van der Waals surface area contributed by atoms with Gasteiger partial charge in [-0.25, -0.2) is 0 Å². The molecular weight excluding hydrogens is 1060 g/mol. The second-order valence-electron chi connectivity index (χ2n) is 20.7. The van der Waals surface area contributed by atoms with Crippen LogP contribution < -0.4 is 5.46 Å². The highest BCUT2D eigenvalue weighted by Crippen LogP contribution is 2.39. The van der Waals surface area contributed by atoms with Crippen LogP contribution >= 0.6 is 15.9 Å². The fourth-order valence-electron chi connectivity index (χ4n) is 12.1. The van der Waals surface area contributed by atoms with Crippen LogP contribution in [0.5, 0.6) is 0 Å². The minimum atomic E-state index is -1.42. The van der Waals surface area contributed by atoms with E-state index < -0.39 is 7.12 Å². The van der Waals surface area contributed by atoms with Gasteiger partial charge in [0.05, 0.1) is 33.4 Å². The molecule has 14 aromatic carbocycles. The first-order valence-electron chi connectivity index (χ1n) is 27.6. The molecule has 2 N–H and O–H groups in total. The van der Waals surface area contributed by atoms with E-state index in [0.717, 1.165) is 15.6 Å². The Bertz CT molecular complexity index is 5020. The van der Waals surface area contributed by atoms with E-state index in [1.807, 2.05) is 30.3 Å². The second kappa shape index (κ2) is 21.7. The van der Waals surface area contributed by atoms with E-state index in [-0.39, 0.29) is 0 Å². The maximum atomic E-state index is 9.11. The predicted molar refractivity (Wildman–Crippen MR) is 352 cm³/mol. The lowest BCUT2D eigenvalue weighted by Gasteiger charge is -2.12. The van der Waals surface area contributed by atoms with Crippen molar-refractivity contribution in [3.8, 4) is 44.8 Å². The molecule has 0 atom stereocenters. The van der Waals surface area contributed by atoms with Crippen molar-refractivity contribution in [2.75, 3.05) is 0 Å². The SMILES string of the molecule is Brc1ccc2c(c1)c1ccccc1n2-c1cccc2ccccc12.OB(O)c1ccc(-c2cccc3ccccc23)cc1.c1ccc2c(-c3ccc(-c4ccc5c(c4)c4ccccc4n5-c4cccc5ccccc45)cc3)cccc2c1. The van der Waals surface area contributed by atoms with Crippen LogP contribution in [-0.2, 0) is 0 Å². The van der Waals surface area contributed by atoms with Gasteiger partial charge in [-0.15, -0.1) is 0 Å². The first-order chi connectivity index (χ1) is 40.4. The molecule has 4 nitrogen and oxygen atoms in total. The molecule has 388 valence electrons. The van der Waals surface area contributed by atoms with Crippen molar-refractivity contribution in [1.82, 2.24) is 9.13 Å². The van der Waals surface area contributed by atoms with Crippen molar-refractivity contribution < 1.29 is 10.0 Å². The number of hydrogen-bond donors (Lipinski definition) is 2. The third-order valence-corrected chi connectivity index (χ3v) is 16.4. The predicted octanol–water partition coefficient (Wildman–Crippen LogP) is 19.3. The molecule has 0 bridgehead atoms. The summed E-state index contributed by atoms with van der Waals surface area (Å²) in [6.07, 6.45) is 0. The van der Waals surface area contributed by atoms with Crippen LogP contribution in [0.1, 0.15) is 0 Å². The lowest BCUT2D eigenvalue weighted by molar-refractivity contribution is 0.426. The fourth-order valence-corrected chi connectivity index (χ4v) is 12.4. The third-order valence-electron chi connectivity index (χ3n) is 16.0. The van der Waals surface area contributed by atoms with Gasteiger partial charge in [0, 0.05) is 36.8 Å². The Labute approximate surface area is 483 Å². The highest BCUT2D eigenvalue weighted by atomic mass is 79.9. The fraction of sp³-hybridized carbons (Fsp3) is 0. The molecule has 82 heavy (non-hydrogen) atoms. The van der Waals surface area contributed by atoms with Crippen LogP contribution in [0.15, 0.2) is 308 Å². The van der Waals surface area contributed by atoms with Gasteiger partial charge in [0.1, 0.15) is 0 Å². The van der Waals surface area contributed by atoms with Crippen molar-refractivity contribution >= 4 is 115 Å². The van der Waals surface area contributed by atoms with Crippen LogP contribution in [0.2, 0.25) is 0 Å². The summed E-state index contributed by atoms with van der Waals surface area (Å²) in [5.74, 6) is 0. The van der Waals surface area contributed by atoms with Gasteiger partial charge >= 0.3 is 7.12 Å². The largest absolute Gasteiger partial charge is 0.488 e. The van der Waals surface area contributed by atoms with Crippen molar-refractivity contribution in [2.45, 2.75) is 0 Å². The molecule has 0 unspecified atom stereocenters. The Kier molecular flexibility index (Phi) is 13.3. The highest BCUT2D eigenvalue weighted by Gasteiger charge is 2.17. The first kappa shape index (κ1) is 50.4. The summed E-state index contributed by atoms with van der Waals surface area (Å²) in [6.45, 7) is 0. The van der Waals surface area contributed by atoms with Crippen LogP contribution in [-0.4, -0.2) is 26.3 Å². The summed E-state index contributed by atoms with van der Waals surface area (Å²) < 4.78 is 5.90. The average Bonchev–Trinajstić information content (AvgIpc) is 3.18. The van der Waals surface area contributed by atoms with E-state index in [1.165, 1.54) is 120 Å². The molecule has 6 heteroatoms. The summed E-state index contributed by atoms with van der Waals surface area (Å²) in [7, 11) is -1.42. The normalized spacial score (nSPS) is 11.4. The van der Waals surface area contributed by atoms with Gasteiger partial charge < -0.3 is 19.2 Å². The number of benzene rings is 14. The number of fused-ring (bicyclic) bond motifs is 10. The number of para-hydroxylation sites is 2. The molecule has 16 aromatic rings. The zero-order valence-electron chi connectivity index (χ0n) is 44.6. The Morgan fingerprint density at radius 2 is 0.598 bits per heavy atom. The number of rotatable bonds is 6. The van der Waals surface area contributed by atoms with E-state index >= 15 is 0 Å². The summed E-state index contributed by atoms with van der Waals surface area (Å²) in [5, 5.41) is 33.3. The quantitative estimate of drug-likeness (QED) is 0.163. The van der Waals surface area contributed by atoms with Gasteiger partial charge in [0.2, 0.25) is 0 Å². The Morgan fingerprint density at radius 1 is 0.256 bits per heavy atom. The number of hydrogen-bond acceptors (Lipinski definition) is 2. The standard InChI is InChI=1S/C38H25N.C22H14BrN.C16H13BO2/c1-3-13-31-27(9-1)11-7-16-32(31)29-21-19-26(20-22-29)30-23-24-38-35(25-30)34-15-5-6-17-37(34)39(38)36-18-8-12-28-10-2-4-14-33(28)36;23-16-12-13-22-19(14-16)18-9-3-4-10-21(18)24(22)20-11-5-7-15-6-1-2-8-17(15)20;18-17(19)14-10-8-13(9-11-14)16-7-3-5-12-4-1-2-6-15(12)16/h1-25H;1-14H;1-11,18-19H. The topological polar surface area (TPSA) is 50.3 Å². The van der Waals surface area contributed by atoms with E-state index in [2.05, 4.69) is 286 Å². The molecule has 0 aliphatic rings. The van der Waals surface area contributed by atoms with Gasteiger partial charge in [-0.05, 0) is 126 Å². The number of nitrogens with zero attached hydrogens (tertiary/aromatic N) is 2.